The van der Waals surface area contributed by atoms with Gasteiger partial charge in [-0.15, -0.1) is 0 Å². The smallest absolute Gasteiger partial charge is 0.225 e. The quantitative estimate of drug-likeness (QED) is 0.779. The van der Waals surface area contributed by atoms with Crippen LogP contribution in [0.1, 0.15) is 19.4 Å². The highest BCUT2D eigenvalue weighted by molar-refractivity contribution is 8.00. The van der Waals surface area contributed by atoms with E-state index >= 15 is 0 Å². The Kier molecular flexibility index (Phi) is 2.86. The largest absolute Gasteiger partial charge is 0.292 e. The number of thioether (sulfide) groups is 1. The fourth-order valence-corrected chi connectivity index (χ4v) is 4.03. The van der Waals surface area contributed by atoms with Crippen molar-refractivity contribution in [2.45, 2.75) is 23.6 Å². The number of carbonyl (C=O) groups is 1. The third kappa shape index (κ3) is 1.85. The van der Waals surface area contributed by atoms with Crippen molar-refractivity contribution >= 4 is 23.4 Å². The molecule has 1 atom stereocenters. The highest BCUT2D eigenvalue weighted by atomic mass is 32.2. The molecule has 1 aliphatic rings. The first-order valence-corrected chi connectivity index (χ1v) is 7.09. The summed E-state index contributed by atoms with van der Waals surface area (Å²) in [5, 5.41) is 0. The van der Waals surface area contributed by atoms with E-state index in [1.54, 1.807) is 18.7 Å². The van der Waals surface area contributed by atoms with Gasteiger partial charge in [-0.1, -0.05) is 54.2 Å². The summed E-state index contributed by atoms with van der Waals surface area (Å²) < 4.78 is 0. The zero-order chi connectivity index (χ0) is 13.5. The number of hydrogen-bond donors (Lipinski definition) is 0. The molecule has 2 aromatic carbocycles. The maximum Gasteiger partial charge on any atom is 0.225 e. The lowest BCUT2D eigenvalue weighted by Gasteiger charge is -2.34. The normalized spacial score (nSPS) is 21.3. The van der Waals surface area contributed by atoms with Crippen molar-refractivity contribution in [3.63, 3.8) is 0 Å². The molecule has 1 amide bonds. The fraction of sp³-hybridized carbons (Fsp3) is 0.188. The van der Waals surface area contributed by atoms with Crippen LogP contribution in [0.4, 0.5) is 5.69 Å². The van der Waals surface area contributed by atoms with Gasteiger partial charge in [-0.2, -0.15) is 0 Å². The van der Waals surface area contributed by atoms with Crippen LogP contribution in [0.15, 0.2) is 59.5 Å². The van der Waals surface area contributed by atoms with E-state index in [9.17, 15) is 4.79 Å². The Labute approximate surface area is 117 Å². The zero-order valence-electron chi connectivity index (χ0n) is 11.0. The van der Waals surface area contributed by atoms with Crippen molar-refractivity contribution in [3.05, 3.63) is 60.2 Å². The Balaban J connectivity index is 2.16. The lowest BCUT2D eigenvalue weighted by molar-refractivity contribution is -0.117. The molecule has 0 bridgehead atoms. The summed E-state index contributed by atoms with van der Waals surface area (Å²) in [7, 11) is 0. The van der Waals surface area contributed by atoms with Gasteiger partial charge in [0.2, 0.25) is 5.91 Å². The van der Waals surface area contributed by atoms with Gasteiger partial charge < -0.3 is 0 Å². The van der Waals surface area contributed by atoms with E-state index in [4.69, 9.17) is 0 Å². The van der Waals surface area contributed by atoms with E-state index in [1.807, 2.05) is 41.3 Å². The van der Waals surface area contributed by atoms with Crippen molar-refractivity contribution < 1.29 is 4.79 Å². The third-order valence-electron chi connectivity index (χ3n) is 3.47. The first-order valence-electron chi connectivity index (χ1n) is 6.27. The van der Waals surface area contributed by atoms with Gasteiger partial charge in [-0.05, 0) is 24.6 Å². The monoisotopic (exact) mass is 269 g/mol. The molecule has 3 heteroatoms. The number of amides is 1. The van der Waals surface area contributed by atoms with Gasteiger partial charge in [0.1, 0.15) is 4.87 Å². The van der Waals surface area contributed by atoms with Crippen LogP contribution in [0.2, 0.25) is 0 Å². The van der Waals surface area contributed by atoms with E-state index in [1.165, 1.54) is 0 Å². The van der Waals surface area contributed by atoms with Crippen LogP contribution in [-0.2, 0) is 9.67 Å². The summed E-state index contributed by atoms with van der Waals surface area (Å²) in [6.07, 6.45) is 0. The molecule has 2 aromatic rings. The minimum absolute atomic E-state index is 0.0730. The minimum Gasteiger partial charge on any atom is -0.292 e. The van der Waals surface area contributed by atoms with Crippen LogP contribution in [-0.4, -0.2) is 5.91 Å². The van der Waals surface area contributed by atoms with Crippen molar-refractivity contribution in [1.29, 1.82) is 0 Å². The number of nitrogens with zero attached hydrogens (tertiary/aromatic N) is 1. The molecule has 2 nitrogen and oxygen atoms in total. The van der Waals surface area contributed by atoms with Crippen molar-refractivity contribution in [3.8, 4) is 0 Å². The minimum atomic E-state index is -0.364. The summed E-state index contributed by atoms with van der Waals surface area (Å²) in [4.78, 5) is 14.8. The molecule has 0 unspecified atom stereocenters. The van der Waals surface area contributed by atoms with Crippen LogP contribution in [0, 0.1) is 0 Å². The Bertz CT molecular complexity index is 626. The summed E-state index contributed by atoms with van der Waals surface area (Å²) in [6, 6.07) is 18.3. The van der Waals surface area contributed by atoms with E-state index in [-0.39, 0.29) is 10.8 Å². The average molecular weight is 269 g/mol. The summed E-state index contributed by atoms with van der Waals surface area (Å²) in [5.41, 5.74) is 2.15. The Morgan fingerprint density at radius 2 is 1.68 bits per heavy atom. The molecule has 1 aliphatic heterocycles. The third-order valence-corrected chi connectivity index (χ3v) is 4.85. The van der Waals surface area contributed by atoms with Gasteiger partial charge in [0.25, 0.3) is 0 Å². The first-order chi connectivity index (χ1) is 9.13. The molecule has 0 N–H and O–H groups in total. The average Bonchev–Trinajstić information content (AvgIpc) is 2.73. The predicted octanol–water partition coefficient (Wildman–Crippen LogP) is 4.02. The Morgan fingerprint density at radius 3 is 2.37 bits per heavy atom. The molecule has 0 spiro atoms. The highest BCUT2D eigenvalue weighted by Gasteiger charge is 2.44. The topological polar surface area (TPSA) is 20.3 Å². The second kappa shape index (κ2) is 4.42. The second-order valence-corrected chi connectivity index (χ2v) is 6.21. The summed E-state index contributed by atoms with van der Waals surface area (Å²) >= 11 is 1.73. The second-order valence-electron chi connectivity index (χ2n) is 4.77. The number of fused-ring (bicyclic) bond motifs is 1. The van der Waals surface area contributed by atoms with E-state index in [0.717, 1.165) is 16.1 Å². The number of hydrogen-bond acceptors (Lipinski definition) is 2. The Morgan fingerprint density at radius 1 is 1.05 bits per heavy atom. The van der Waals surface area contributed by atoms with Crippen molar-refractivity contribution in [1.82, 2.24) is 0 Å². The van der Waals surface area contributed by atoms with Gasteiger partial charge in [-0.3, -0.25) is 9.69 Å². The van der Waals surface area contributed by atoms with Crippen molar-refractivity contribution in [2.24, 2.45) is 0 Å². The molecule has 0 saturated heterocycles. The van der Waals surface area contributed by atoms with Crippen LogP contribution in [0.5, 0.6) is 0 Å². The molecular weight excluding hydrogens is 254 g/mol. The van der Waals surface area contributed by atoms with E-state index in [0.29, 0.717) is 0 Å². The number of rotatable bonds is 1. The lowest BCUT2D eigenvalue weighted by Crippen LogP contribution is -2.41. The van der Waals surface area contributed by atoms with Gasteiger partial charge in [0, 0.05) is 11.8 Å². The molecule has 0 aromatic heterocycles. The predicted molar refractivity (Wildman–Crippen MR) is 79.3 cm³/mol. The molecule has 0 fully saturated rings. The van der Waals surface area contributed by atoms with Gasteiger partial charge >= 0.3 is 0 Å². The maximum absolute atomic E-state index is 12.1. The summed E-state index contributed by atoms with van der Waals surface area (Å²) in [5.74, 6) is 0.0730. The van der Waals surface area contributed by atoms with Crippen molar-refractivity contribution in [2.75, 3.05) is 4.90 Å². The lowest BCUT2D eigenvalue weighted by atomic mass is 10.1. The van der Waals surface area contributed by atoms with Crippen LogP contribution in [0.25, 0.3) is 0 Å². The van der Waals surface area contributed by atoms with Gasteiger partial charge in [-0.25, -0.2) is 0 Å². The SMILES string of the molecule is CC(=O)N1c2ccccc2S[C@@]1(C)c1ccccc1. The molecule has 0 saturated carbocycles. The van der Waals surface area contributed by atoms with Gasteiger partial charge in [0.05, 0.1) is 5.69 Å². The molecule has 3 rings (SSSR count). The highest BCUT2D eigenvalue weighted by Crippen LogP contribution is 2.55. The number of benzene rings is 2. The standard InChI is InChI=1S/C16H15NOS/c1-12(18)17-14-10-6-7-11-15(14)19-16(17,2)13-8-4-3-5-9-13/h3-11H,1-2H3/t16-/m0/s1. The van der Waals surface area contributed by atoms with Crippen LogP contribution >= 0.6 is 11.8 Å². The summed E-state index contributed by atoms with van der Waals surface area (Å²) in [6.45, 7) is 3.73. The molecule has 96 valence electrons. The number of anilines is 1. The number of carbonyl (C=O) groups excluding carboxylic acids is 1. The maximum atomic E-state index is 12.1. The Hall–Kier alpha value is -1.74. The number of para-hydroxylation sites is 1. The molecular formula is C16H15NOS. The fourth-order valence-electron chi connectivity index (χ4n) is 2.62. The van der Waals surface area contributed by atoms with E-state index < -0.39 is 0 Å². The molecule has 0 radical (unpaired) electrons. The zero-order valence-corrected chi connectivity index (χ0v) is 11.8. The molecule has 1 heterocycles. The van der Waals surface area contributed by atoms with Gasteiger partial charge in [0.15, 0.2) is 0 Å². The molecule has 0 aliphatic carbocycles. The molecule has 19 heavy (non-hydrogen) atoms. The van der Waals surface area contributed by atoms with Crippen LogP contribution in [0.3, 0.4) is 0 Å². The van der Waals surface area contributed by atoms with Crippen LogP contribution < -0.4 is 4.90 Å². The first kappa shape index (κ1) is 12.3. The van der Waals surface area contributed by atoms with E-state index in [2.05, 4.69) is 25.1 Å².